The summed E-state index contributed by atoms with van der Waals surface area (Å²) in [6, 6.07) is 2.80. The predicted octanol–water partition coefficient (Wildman–Crippen LogP) is 0.133. The van der Waals surface area contributed by atoms with Crippen molar-refractivity contribution in [3.63, 3.8) is 0 Å². The van der Waals surface area contributed by atoms with Crippen LogP contribution in [-0.2, 0) is 7.05 Å². The fraction of sp³-hybridized carbons (Fsp3) is 0.111. The quantitative estimate of drug-likeness (QED) is 0.774. The van der Waals surface area contributed by atoms with Crippen LogP contribution in [0.15, 0.2) is 27.5 Å². The highest BCUT2D eigenvalue weighted by atomic mass is 16.4. The Labute approximate surface area is 89.0 Å². The van der Waals surface area contributed by atoms with Crippen LogP contribution in [0.25, 0.3) is 11.5 Å². The molecule has 2 aromatic rings. The second kappa shape index (κ2) is 3.61. The van der Waals surface area contributed by atoms with Crippen LogP contribution < -0.4 is 5.76 Å². The first-order chi connectivity index (χ1) is 7.58. The van der Waals surface area contributed by atoms with Crippen LogP contribution in [0.2, 0.25) is 0 Å². The molecule has 0 aliphatic heterocycles. The minimum atomic E-state index is -1.15. The maximum Gasteiger partial charge on any atom is 0.437 e. The van der Waals surface area contributed by atoms with Gasteiger partial charge in [-0.2, -0.15) is 4.68 Å². The summed E-state index contributed by atoms with van der Waals surface area (Å²) in [4.78, 5) is 25.3. The molecule has 0 aliphatic carbocycles. The SMILES string of the molecule is Cn1nc(-c2ccnc(C(=O)O)c2)oc1=O. The number of carboxylic acid groups (broad SMARTS) is 1. The highest BCUT2D eigenvalue weighted by molar-refractivity contribution is 5.86. The summed E-state index contributed by atoms with van der Waals surface area (Å²) in [6.07, 6.45) is 1.31. The average molecular weight is 221 g/mol. The third-order valence-corrected chi connectivity index (χ3v) is 1.92. The van der Waals surface area contributed by atoms with Crippen molar-refractivity contribution in [2.45, 2.75) is 0 Å². The van der Waals surface area contributed by atoms with E-state index in [0.29, 0.717) is 5.56 Å². The highest BCUT2D eigenvalue weighted by Crippen LogP contribution is 2.15. The van der Waals surface area contributed by atoms with Crippen LogP contribution in [0, 0.1) is 0 Å². The fourth-order valence-electron chi connectivity index (χ4n) is 1.14. The molecule has 0 aromatic carbocycles. The van der Waals surface area contributed by atoms with E-state index in [9.17, 15) is 9.59 Å². The smallest absolute Gasteiger partial charge is 0.437 e. The zero-order chi connectivity index (χ0) is 11.7. The van der Waals surface area contributed by atoms with E-state index in [1.54, 1.807) is 0 Å². The normalized spacial score (nSPS) is 10.3. The molecule has 0 atom stereocenters. The summed E-state index contributed by atoms with van der Waals surface area (Å²) in [5.74, 6) is -1.69. The summed E-state index contributed by atoms with van der Waals surface area (Å²) in [5, 5.41) is 12.5. The lowest BCUT2D eigenvalue weighted by molar-refractivity contribution is 0.0690. The van der Waals surface area contributed by atoms with Gasteiger partial charge in [0, 0.05) is 18.8 Å². The molecule has 16 heavy (non-hydrogen) atoms. The molecule has 82 valence electrons. The summed E-state index contributed by atoms with van der Waals surface area (Å²) < 4.78 is 5.83. The molecule has 0 aliphatic rings. The van der Waals surface area contributed by atoms with Crippen molar-refractivity contribution < 1.29 is 14.3 Å². The minimum absolute atomic E-state index is 0.0670. The van der Waals surface area contributed by atoms with Crippen molar-refractivity contribution in [2.75, 3.05) is 0 Å². The van der Waals surface area contributed by atoms with Gasteiger partial charge >= 0.3 is 11.7 Å². The minimum Gasteiger partial charge on any atom is -0.477 e. The van der Waals surface area contributed by atoms with Crippen LogP contribution in [0.4, 0.5) is 0 Å². The monoisotopic (exact) mass is 221 g/mol. The maximum absolute atomic E-state index is 11.0. The molecule has 0 spiro atoms. The van der Waals surface area contributed by atoms with Crippen molar-refractivity contribution in [1.29, 1.82) is 0 Å². The molecule has 2 rings (SSSR count). The third kappa shape index (κ3) is 1.70. The van der Waals surface area contributed by atoms with E-state index in [1.807, 2.05) is 0 Å². The lowest BCUT2D eigenvalue weighted by Gasteiger charge is -1.95. The number of pyridine rings is 1. The molecule has 0 saturated carbocycles. The van der Waals surface area contributed by atoms with Gasteiger partial charge in [0.05, 0.1) is 0 Å². The Morgan fingerprint density at radius 1 is 1.56 bits per heavy atom. The van der Waals surface area contributed by atoms with Gasteiger partial charge < -0.3 is 9.52 Å². The highest BCUT2D eigenvalue weighted by Gasteiger charge is 2.11. The van der Waals surface area contributed by atoms with Crippen molar-refractivity contribution in [3.8, 4) is 11.5 Å². The van der Waals surface area contributed by atoms with Crippen molar-refractivity contribution in [3.05, 3.63) is 34.6 Å². The largest absolute Gasteiger partial charge is 0.477 e. The summed E-state index contributed by atoms with van der Waals surface area (Å²) in [5.41, 5.74) is 0.260. The van der Waals surface area contributed by atoms with Gasteiger partial charge in [0.1, 0.15) is 5.69 Å². The van der Waals surface area contributed by atoms with E-state index < -0.39 is 11.7 Å². The topological polar surface area (TPSA) is 98.2 Å². The number of carbonyl (C=O) groups is 1. The number of carboxylic acids is 1. The number of hydrogen-bond donors (Lipinski definition) is 1. The average Bonchev–Trinajstić information content (AvgIpc) is 2.59. The standard InChI is InChI=1S/C9H7N3O4/c1-12-9(15)16-7(11-12)5-2-3-10-6(4-5)8(13)14/h2-4H,1H3,(H,13,14). The maximum atomic E-state index is 11.0. The Hall–Kier alpha value is -2.44. The Kier molecular flexibility index (Phi) is 2.28. The van der Waals surface area contributed by atoms with Crippen LogP contribution in [0.1, 0.15) is 10.5 Å². The first kappa shape index (κ1) is 10.1. The number of aromatic nitrogens is 3. The molecule has 0 fully saturated rings. The molecular formula is C9H7N3O4. The number of aromatic carboxylic acids is 1. The number of hydrogen-bond acceptors (Lipinski definition) is 5. The van der Waals surface area contributed by atoms with E-state index in [4.69, 9.17) is 9.52 Å². The molecule has 1 N–H and O–H groups in total. The van der Waals surface area contributed by atoms with Crippen molar-refractivity contribution in [1.82, 2.24) is 14.8 Å². The van der Waals surface area contributed by atoms with Gasteiger partial charge in [-0.3, -0.25) is 0 Å². The summed E-state index contributed by atoms with van der Waals surface area (Å²) in [7, 11) is 1.44. The summed E-state index contributed by atoms with van der Waals surface area (Å²) in [6.45, 7) is 0. The van der Waals surface area contributed by atoms with E-state index in [2.05, 4.69) is 10.1 Å². The zero-order valence-corrected chi connectivity index (χ0v) is 8.25. The molecule has 0 unspecified atom stereocenters. The Morgan fingerprint density at radius 3 is 2.88 bits per heavy atom. The molecule has 0 radical (unpaired) electrons. The van der Waals surface area contributed by atoms with Gasteiger partial charge in [-0.05, 0) is 12.1 Å². The van der Waals surface area contributed by atoms with Crippen molar-refractivity contribution >= 4 is 5.97 Å². The molecule has 0 bridgehead atoms. The molecule has 2 heterocycles. The van der Waals surface area contributed by atoms with Gasteiger partial charge in [-0.15, -0.1) is 5.10 Å². The second-order valence-electron chi connectivity index (χ2n) is 3.03. The fourth-order valence-corrected chi connectivity index (χ4v) is 1.14. The van der Waals surface area contributed by atoms with E-state index in [-0.39, 0.29) is 11.6 Å². The first-order valence-electron chi connectivity index (χ1n) is 4.32. The second-order valence-corrected chi connectivity index (χ2v) is 3.03. The molecule has 7 nitrogen and oxygen atoms in total. The van der Waals surface area contributed by atoms with E-state index in [1.165, 1.54) is 25.4 Å². The van der Waals surface area contributed by atoms with Crippen molar-refractivity contribution in [2.24, 2.45) is 7.05 Å². The molecule has 7 heteroatoms. The molecule has 0 amide bonds. The van der Waals surface area contributed by atoms with Gasteiger partial charge in [0.2, 0.25) is 5.89 Å². The number of aryl methyl sites for hydroxylation is 1. The Bertz CT molecular complexity index is 599. The lowest BCUT2D eigenvalue weighted by Crippen LogP contribution is -2.09. The van der Waals surface area contributed by atoms with Crippen LogP contribution in [0.3, 0.4) is 0 Å². The van der Waals surface area contributed by atoms with Crippen LogP contribution >= 0.6 is 0 Å². The lowest BCUT2D eigenvalue weighted by atomic mass is 10.2. The molecule has 2 aromatic heterocycles. The summed E-state index contributed by atoms with van der Waals surface area (Å²) >= 11 is 0. The zero-order valence-electron chi connectivity index (χ0n) is 8.25. The number of rotatable bonds is 2. The molecular weight excluding hydrogens is 214 g/mol. The van der Waals surface area contributed by atoms with Crippen LogP contribution in [-0.4, -0.2) is 25.8 Å². The van der Waals surface area contributed by atoms with Gasteiger partial charge in [0.25, 0.3) is 0 Å². The van der Waals surface area contributed by atoms with E-state index in [0.717, 1.165) is 4.68 Å². The van der Waals surface area contributed by atoms with Crippen LogP contribution in [0.5, 0.6) is 0 Å². The first-order valence-corrected chi connectivity index (χ1v) is 4.32. The number of nitrogens with zero attached hydrogens (tertiary/aromatic N) is 3. The van der Waals surface area contributed by atoms with E-state index >= 15 is 0 Å². The van der Waals surface area contributed by atoms with Gasteiger partial charge in [-0.1, -0.05) is 0 Å². The van der Waals surface area contributed by atoms with Gasteiger partial charge in [-0.25, -0.2) is 14.6 Å². The Morgan fingerprint density at radius 2 is 2.31 bits per heavy atom. The predicted molar refractivity (Wildman–Crippen MR) is 51.9 cm³/mol. The Balaban J connectivity index is 2.52. The molecule has 0 saturated heterocycles. The van der Waals surface area contributed by atoms with Gasteiger partial charge in [0.15, 0.2) is 0 Å². The third-order valence-electron chi connectivity index (χ3n) is 1.92.